The molecule has 1 N–H and O–H groups in total. The van der Waals surface area contributed by atoms with E-state index < -0.39 is 0 Å². The van der Waals surface area contributed by atoms with Gasteiger partial charge >= 0.3 is 0 Å². The van der Waals surface area contributed by atoms with Gasteiger partial charge in [-0.05, 0) is 31.9 Å². The molecule has 17 heavy (non-hydrogen) atoms. The van der Waals surface area contributed by atoms with Gasteiger partial charge in [0.25, 0.3) is 0 Å². The molecule has 1 aromatic rings. The van der Waals surface area contributed by atoms with Gasteiger partial charge in [0.05, 0.1) is 6.54 Å². The Morgan fingerprint density at radius 2 is 1.94 bits per heavy atom. The SMILES string of the molecule is CC#CCNC1CCN(c2ccccc2)CC1. The molecule has 1 saturated heterocycles. The Hall–Kier alpha value is -1.46. The largest absolute Gasteiger partial charge is 0.371 e. The number of hydrogen-bond acceptors (Lipinski definition) is 2. The first-order valence-electron chi connectivity index (χ1n) is 6.33. The summed E-state index contributed by atoms with van der Waals surface area (Å²) in [7, 11) is 0. The molecule has 0 amide bonds. The second kappa shape index (κ2) is 6.32. The minimum absolute atomic E-state index is 0.635. The summed E-state index contributed by atoms with van der Waals surface area (Å²) in [5.74, 6) is 5.98. The van der Waals surface area contributed by atoms with Gasteiger partial charge < -0.3 is 10.2 Å². The number of anilines is 1. The van der Waals surface area contributed by atoms with E-state index in [0.717, 1.165) is 19.6 Å². The molecule has 0 bridgehead atoms. The molecular formula is C15H20N2. The lowest BCUT2D eigenvalue weighted by Gasteiger charge is -2.33. The molecule has 0 atom stereocenters. The van der Waals surface area contributed by atoms with Crippen LogP contribution in [0.5, 0.6) is 0 Å². The van der Waals surface area contributed by atoms with E-state index in [-0.39, 0.29) is 0 Å². The summed E-state index contributed by atoms with van der Waals surface area (Å²) in [4.78, 5) is 2.46. The maximum Gasteiger partial charge on any atom is 0.0578 e. The average molecular weight is 228 g/mol. The maximum atomic E-state index is 3.49. The van der Waals surface area contributed by atoms with Crippen LogP contribution in [0.1, 0.15) is 19.8 Å². The molecule has 2 rings (SSSR count). The van der Waals surface area contributed by atoms with Gasteiger partial charge in [0.2, 0.25) is 0 Å². The summed E-state index contributed by atoms with van der Waals surface area (Å²) in [6, 6.07) is 11.3. The monoisotopic (exact) mass is 228 g/mol. The van der Waals surface area contributed by atoms with Gasteiger partial charge in [-0.25, -0.2) is 0 Å². The summed E-state index contributed by atoms with van der Waals surface area (Å²) >= 11 is 0. The molecule has 2 heteroatoms. The van der Waals surface area contributed by atoms with Crippen molar-refractivity contribution in [3.63, 3.8) is 0 Å². The Morgan fingerprint density at radius 1 is 1.24 bits per heavy atom. The lowest BCUT2D eigenvalue weighted by atomic mass is 10.0. The number of piperidine rings is 1. The fraction of sp³-hybridized carbons (Fsp3) is 0.467. The summed E-state index contributed by atoms with van der Waals surface area (Å²) in [5.41, 5.74) is 1.35. The van der Waals surface area contributed by atoms with Gasteiger partial charge in [0.15, 0.2) is 0 Å². The number of hydrogen-bond donors (Lipinski definition) is 1. The third kappa shape index (κ3) is 3.51. The Bertz CT molecular complexity index is 380. The van der Waals surface area contributed by atoms with Gasteiger partial charge in [0.1, 0.15) is 0 Å². The number of para-hydroxylation sites is 1. The molecule has 0 unspecified atom stereocenters. The van der Waals surface area contributed by atoms with Crippen LogP contribution in [-0.4, -0.2) is 25.7 Å². The molecular weight excluding hydrogens is 208 g/mol. The van der Waals surface area contributed by atoms with Gasteiger partial charge in [-0.15, -0.1) is 5.92 Å². The topological polar surface area (TPSA) is 15.3 Å². The Balaban J connectivity index is 1.79. The second-order valence-corrected chi connectivity index (χ2v) is 4.40. The van der Waals surface area contributed by atoms with Crippen molar-refractivity contribution in [3.8, 4) is 11.8 Å². The number of benzene rings is 1. The Morgan fingerprint density at radius 3 is 2.59 bits per heavy atom. The molecule has 0 aromatic heterocycles. The fourth-order valence-electron chi connectivity index (χ4n) is 2.26. The van der Waals surface area contributed by atoms with Crippen molar-refractivity contribution in [1.29, 1.82) is 0 Å². The van der Waals surface area contributed by atoms with Gasteiger partial charge in [0, 0.05) is 24.8 Å². The quantitative estimate of drug-likeness (QED) is 0.798. The van der Waals surface area contributed by atoms with E-state index in [0.29, 0.717) is 6.04 Å². The first kappa shape index (κ1) is 12.0. The standard InChI is InChI=1S/C15H20N2/c1-2-3-11-16-14-9-12-17(13-10-14)15-7-5-4-6-8-15/h4-8,14,16H,9-13H2,1H3. The molecule has 0 saturated carbocycles. The summed E-state index contributed by atoms with van der Waals surface area (Å²) < 4.78 is 0. The lowest BCUT2D eigenvalue weighted by molar-refractivity contribution is 0.432. The predicted octanol–water partition coefficient (Wildman–Crippen LogP) is 2.27. The van der Waals surface area contributed by atoms with Crippen molar-refractivity contribution in [2.24, 2.45) is 0 Å². The molecule has 1 aromatic carbocycles. The second-order valence-electron chi connectivity index (χ2n) is 4.40. The van der Waals surface area contributed by atoms with Gasteiger partial charge in [-0.2, -0.15) is 0 Å². The molecule has 0 radical (unpaired) electrons. The molecule has 1 fully saturated rings. The number of nitrogens with one attached hydrogen (secondary N) is 1. The Kier molecular flexibility index (Phi) is 4.46. The zero-order chi connectivity index (χ0) is 11.9. The zero-order valence-corrected chi connectivity index (χ0v) is 10.4. The Labute approximate surface area is 104 Å². The average Bonchev–Trinajstić information content (AvgIpc) is 2.41. The minimum Gasteiger partial charge on any atom is -0.371 e. The molecule has 1 aliphatic rings. The van der Waals surface area contributed by atoms with E-state index in [1.807, 2.05) is 6.92 Å². The molecule has 1 heterocycles. The van der Waals surface area contributed by atoms with E-state index in [9.17, 15) is 0 Å². The molecule has 2 nitrogen and oxygen atoms in total. The highest BCUT2D eigenvalue weighted by Gasteiger charge is 2.18. The van der Waals surface area contributed by atoms with Crippen LogP contribution >= 0.6 is 0 Å². The van der Waals surface area contributed by atoms with Crippen molar-refractivity contribution in [3.05, 3.63) is 30.3 Å². The minimum atomic E-state index is 0.635. The van der Waals surface area contributed by atoms with Crippen molar-refractivity contribution in [1.82, 2.24) is 5.32 Å². The maximum absolute atomic E-state index is 3.49. The first-order valence-corrected chi connectivity index (χ1v) is 6.33. The summed E-state index contributed by atoms with van der Waals surface area (Å²) in [6.45, 7) is 4.99. The summed E-state index contributed by atoms with van der Waals surface area (Å²) in [5, 5.41) is 3.49. The fourth-order valence-corrected chi connectivity index (χ4v) is 2.26. The smallest absolute Gasteiger partial charge is 0.0578 e. The van der Waals surface area contributed by atoms with Crippen LogP contribution in [-0.2, 0) is 0 Å². The molecule has 0 spiro atoms. The van der Waals surface area contributed by atoms with E-state index >= 15 is 0 Å². The van der Waals surface area contributed by atoms with Crippen LogP contribution in [0.15, 0.2) is 30.3 Å². The van der Waals surface area contributed by atoms with Crippen LogP contribution in [0.3, 0.4) is 0 Å². The molecule has 90 valence electrons. The van der Waals surface area contributed by atoms with Crippen molar-refractivity contribution in [2.45, 2.75) is 25.8 Å². The van der Waals surface area contributed by atoms with E-state index in [1.54, 1.807) is 0 Å². The third-order valence-corrected chi connectivity index (χ3v) is 3.27. The summed E-state index contributed by atoms with van der Waals surface area (Å²) in [6.07, 6.45) is 2.42. The normalized spacial score (nSPS) is 16.4. The number of nitrogens with zero attached hydrogens (tertiary/aromatic N) is 1. The van der Waals surface area contributed by atoms with Gasteiger partial charge in [-0.1, -0.05) is 24.1 Å². The van der Waals surface area contributed by atoms with Crippen LogP contribution in [0.2, 0.25) is 0 Å². The van der Waals surface area contributed by atoms with Crippen molar-refractivity contribution < 1.29 is 0 Å². The van der Waals surface area contributed by atoms with Crippen LogP contribution < -0.4 is 10.2 Å². The highest BCUT2D eigenvalue weighted by molar-refractivity contribution is 5.46. The number of rotatable bonds is 3. The van der Waals surface area contributed by atoms with E-state index in [4.69, 9.17) is 0 Å². The van der Waals surface area contributed by atoms with E-state index in [1.165, 1.54) is 18.5 Å². The first-order chi connectivity index (χ1) is 8.40. The van der Waals surface area contributed by atoms with E-state index in [2.05, 4.69) is 52.4 Å². The van der Waals surface area contributed by atoms with Gasteiger partial charge in [-0.3, -0.25) is 0 Å². The molecule has 0 aliphatic carbocycles. The lowest BCUT2D eigenvalue weighted by Crippen LogP contribution is -2.42. The van der Waals surface area contributed by atoms with Crippen LogP contribution in [0, 0.1) is 11.8 Å². The predicted molar refractivity (Wildman–Crippen MR) is 73.1 cm³/mol. The highest BCUT2D eigenvalue weighted by Crippen LogP contribution is 2.19. The van der Waals surface area contributed by atoms with Crippen LogP contribution in [0.4, 0.5) is 5.69 Å². The zero-order valence-electron chi connectivity index (χ0n) is 10.4. The van der Waals surface area contributed by atoms with Crippen molar-refractivity contribution in [2.75, 3.05) is 24.5 Å². The van der Waals surface area contributed by atoms with Crippen LogP contribution in [0.25, 0.3) is 0 Å². The molecule has 1 aliphatic heterocycles. The van der Waals surface area contributed by atoms with Crippen molar-refractivity contribution >= 4 is 5.69 Å². The third-order valence-electron chi connectivity index (χ3n) is 3.27. The highest BCUT2D eigenvalue weighted by atomic mass is 15.1.